The zero-order valence-electron chi connectivity index (χ0n) is 9.01. The predicted octanol–water partition coefficient (Wildman–Crippen LogP) is -2.98. The number of pyridine rings is 2. The van der Waals surface area contributed by atoms with Crippen LogP contribution >= 0.6 is 12.4 Å². The van der Waals surface area contributed by atoms with Crippen molar-refractivity contribution >= 4 is 12.4 Å². The number of rotatable bonds is 1. The van der Waals surface area contributed by atoms with E-state index >= 15 is 0 Å². The Morgan fingerprint density at radius 1 is 0.889 bits per heavy atom. The van der Waals surface area contributed by atoms with Crippen LogP contribution in [0.1, 0.15) is 0 Å². The molecule has 2 aromatic rings. The van der Waals surface area contributed by atoms with Gasteiger partial charge in [0, 0.05) is 6.07 Å². The van der Waals surface area contributed by atoms with Crippen LogP contribution in [0, 0.1) is 10.2 Å². The summed E-state index contributed by atoms with van der Waals surface area (Å²) in [6.07, 6.45) is 5.74. The zero-order valence-corrected chi connectivity index (χ0v) is 10.6. The van der Waals surface area contributed by atoms with Crippen LogP contribution in [0.15, 0.2) is 55.0 Å². The minimum atomic E-state index is -4.94. The van der Waals surface area contributed by atoms with Gasteiger partial charge in [-0.1, -0.05) is 12.1 Å². The molecule has 98 valence electrons. The van der Waals surface area contributed by atoms with Crippen molar-refractivity contribution in [1.29, 1.82) is 0 Å². The van der Waals surface area contributed by atoms with Crippen molar-refractivity contribution in [1.82, 2.24) is 4.98 Å². The molecule has 6 nitrogen and oxygen atoms in total. The molecule has 0 radical (unpaired) electrons. The lowest BCUT2D eigenvalue weighted by Crippen LogP contribution is -2.68. The molecule has 0 saturated heterocycles. The maximum atomic E-state index is 8.49. The van der Waals surface area contributed by atoms with Gasteiger partial charge in [-0.15, -0.1) is 22.7 Å². The first-order valence-corrected chi connectivity index (χ1v) is 5.70. The van der Waals surface area contributed by atoms with Crippen LogP contribution in [0.3, 0.4) is 0 Å². The molecule has 0 unspecified atom stereocenters. The van der Waals surface area contributed by atoms with Crippen LogP contribution in [0.4, 0.5) is 0 Å². The van der Waals surface area contributed by atoms with Crippen LogP contribution in [0.2, 0.25) is 0 Å². The van der Waals surface area contributed by atoms with Crippen LogP contribution < -0.4 is 23.2 Å². The normalized spacial score (nSPS) is 9.78. The van der Waals surface area contributed by atoms with E-state index in [1.54, 1.807) is 6.20 Å². The quantitative estimate of drug-likeness (QED) is 0.521. The van der Waals surface area contributed by atoms with Gasteiger partial charge in [0.15, 0.2) is 0 Å². The van der Waals surface area contributed by atoms with Gasteiger partial charge in [-0.25, -0.2) is 23.2 Å². The topological polar surface area (TPSA) is 109 Å². The van der Waals surface area contributed by atoms with E-state index in [0.29, 0.717) is 0 Å². The summed E-state index contributed by atoms with van der Waals surface area (Å²) < 4.78 is 35.9. The average Bonchev–Trinajstić information content (AvgIpc) is 2.29. The van der Waals surface area contributed by atoms with Crippen molar-refractivity contribution in [2.45, 2.75) is 0 Å². The summed E-state index contributed by atoms with van der Waals surface area (Å²) in [5, 5.41) is 0. The van der Waals surface area contributed by atoms with Crippen LogP contribution in [-0.4, -0.2) is 4.98 Å². The smallest absolute Gasteiger partial charge is 0.222 e. The van der Waals surface area contributed by atoms with Crippen molar-refractivity contribution in [2.24, 2.45) is 0 Å². The van der Waals surface area contributed by atoms with Crippen LogP contribution in [-0.2, 0) is 0 Å². The average molecular weight is 293 g/mol. The largest absolute Gasteiger partial charge is 0.327 e. The minimum absolute atomic E-state index is 0. The van der Waals surface area contributed by atoms with Gasteiger partial charge in [0.1, 0.15) is 6.20 Å². The highest BCUT2D eigenvalue weighted by Crippen LogP contribution is 1.91. The molecule has 0 aliphatic rings. The monoisotopic (exact) mass is 292 g/mol. The Kier molecular flexibility index (Phi) is 7.37. The van der Waals surface area contributed by atoms with Gasteiger partial charge in [-0.2, -0.15) is 0 Å². The van der Waals surface area contributed by atoms with E-state index in [9.17, 15) is 0 Å². The summed E-state index contributed by atoms with van der Waals surface area (Å²) >= 11 is 0. The summed E-state index contributed by atoms with van der Waals surface area (Å²) in [7, 11) is -4.94. The van der Waals surface area contributed by atoms with E-state index in [-0.39, 0.29) is 12.4 Å². The highest BCUT2D eigenvalue weighted by Gasteiger charge is 2.01. The molecule has 0 spiro atoms. The van der Waals surface area contributed by atoms with E-state index in [1.165, 1.54) is 0 Å². The molecule has 2 aromatic heterocycles. The standard InChI is InChI=1S/C10H9N2.ClHO4.ClH/c1-4-8-12(9-5-1)10-6-2-3-7-11-10;2-1(3,4)5;/h1-9H;(H,2,3,4,5);1H/q+1;;/p-1. The summed E-state index contributed by atoms with van der Waals surface area (Å²) in [5.41, 5.74) is 0. The minimum Gasteiger partial charge on any atom is -0.222 e. The highest BCUT2D eigenvalue weighted by atomic mass is 35.7. The lowest BCUT2D eigenvalue weighted by molar-refractivity contribution is -2.00. The fourth-order valence-corrected chi connectivity index (χ4v) is 1.06. The van der Waals surface area contributed by atoms with Gasteiger partial charge in [0.05, 0.1) is 12.4 Å². The molecule has 2 rings (SSSR count). The van der Waals surface area contributed by atoms with Crippen LogP contribution in [0.25, 0.3) is 5.82 Å². The van der Waals surface area contributed by atoms with E-state index in [1.807, 2.05) is 53.4 Å². The molecule has 0 atom stereocenters. The van der Waals surface area contributed by atoms with Crippen molar-refractivity contribution in [3.63, 3.8) is 0 Å². The van der Waals surface area contributed by atoms with E-state index in [2.05, 4.69) is 4.98 Å². The van der Waals surface area contributed by atoms with Crippen molar-refractivity contribution < 1.29 is 33.4 Å². The number of halogens is 2. The van der Waals surface area contributed by atoms with Gasteiger partial charge in [0.2, 0.25) is 0 Å². The maximum absolute atomic E-state index is 8.49. The first kappa shape index (κ1) is 16.7. The Morgan fingerprint density at radius 2 is 1.44 bits per heavy atom. The van der Waals surface area contributed by atoms with Gasteiger partial charge < -0.3 is 0 Å². The number of hydrogen-bond donors (Lipinski definition) is 0. The third-order valence-electron chi connectivity index (χ3n) is 1.63. The van der Waals surface area contributed by atoms with Crippen molar-refractivity contribution in [2.75, 3.05) is 0 Å². The van der Waals surface area contributed by atoms with Gasteiger partial charge in [-0.05, 0) is 23.2 Å². The molecule has 0 amide bonds. The fraction of sp³-hybridized carbons (Fsp3) is 0. The first-order valence-electron chi connectivity index (χ1n) is 4.46. The van der Waals surface area contributed by atoms with Crippen molar-refractivity contribution in [3.05, 3.63) is 55.0 Å². The van der Waals surface area contributed by atoms with Crippen molar-refractivity contribution in [3.8, 4) is 5.82 Å². The summed E-state index contributed by atoms with van der Waals surface area (Å²) in [6.45, 7) is 0. The maximum Gasteiger partial charge on any atom is 0.327 e. The lowest BCUT2D eigenvalue weighted by Gasteiger charge is -2.17. The lowest BCUT2D eigenvalue weighted by atomic mass is 10.4. The SMILES string of the molecule is Cl.[O-][Cl+3]([O-])([O-])[O-].c1cc[n+](-c2ccccn2)cc1. The summed E-state index contributed by atoms with van der Waals surface area (Å²) in [5.74, 6) is 0.943. The van der Waals surface area contributed by atoms with E-state index in [0.717, 1.165) is 5.82 Å². The Morgan fingerprint density at radius 3 is 1.89 bits per heavy atom. The fourth-order valence-electron chi connectivity index (χ4n) is 1.06. The molecule has 8 heteroatoms. The number of hydrogen-bond acceptors (Lipinski definition) is 5. The Bertz CT molecular complexity index is 393. The number of nitrogens with zero attached hydrogens (tertiary/aromatic N) is 2. The predicted molar refractivity (Wildman–Crippen MR) is 53.0 cm³/mol. The molecule has 0 aliphatic heterocycles. The molecule has 2 heterocycles. The molecule has 0 N–H and O–H groups in total. The third kappa shape index (κ3) is 7.91. The summed E-state index contributed by atoms with van der Waals surface area (Å²) in [6, 6.07) is 11.8. The Labute approximate surface area is 112 Å². The Balaban J connectivity index is 0.000000421. The van der Waals surface area contributed by atoms with E-state index < -0.39 is 10.2 Å². The van der Waals surface area contributed by atoms with Gasteiger partial charge >= 0.3 is 5.82 Å². The second kappa shape index (κ2) is 7.93. The molecule has 0 fully saturated rings. The Hall–Kier alpha value is -1.28. The third-order valence-corrected chi connectivity index (χ3v) is 1.63. The number of aromatic nitrogens is 2. The van der Waals surface area contributed by atoms with Crippen LogP contribution in [0.5, 0.6) is 0 Å². The molecular formula is C10H10Cl2N2O4. The van der Waals surface area contributed by atoms with Gasteiger partial charge in [-0.3, -0.25) is 0 Å². The molecule has 18 heavy (non-hydrogen) atoms. The second-order valence-corrected chi connectivity index (χ2v) is 3.60. The van der Waals surface area contributed by atoms with E-state index in [4.69, 9.17) is 18.6 Å². The molecule has 0 bridgehead atoms. The molecule has 0 aromatic carbocycles. The molecule has 0 saturated carbocycles. The molecular weight excluding hydrogens is 283 g/mol. The first-order chi connectivity index (χ1) is 7.97. The summed E-state index contributed by atoms with van der Waals surface area (Å²) in [4.78, 5) is 4.21. The molecule has 0 aliphatic carbocycles. The zero-order chi connectivity index (χ0) is 12.7. The second-order valence-electron chi connectivity index (χ2n) is 2.85. The van der Waals surface area contributed by atoms with Gasteiger partial charge in [0.25, 0.3) is 0 Å². The highest BCUT2D eigenvalue weighted by molar-refractivity contribution is 5.85.